The van der Waals surface area contributed by atoms with Crippen molar-refractivity contribution in [3.05, 3.63) is 65.9 Å². The molecule has 0 saturated carbocycles. The van der Waals surface area contributed by atoms with Gasteiger partial charge in [-0.3, -0.25) is 9.59 Å². The fourth-order valence-corrected chi connectivity index (χ4v) is 6.37. The minimum Gasteiger partial charge on any atom is -0.340 e. The van der Waals surface area contributed by atoms with Gasteiger partial charge in [-0.1, -0.05) is 30.3 Å². The first-order valence-corrected chi connectivity index (χ1v) is 13.5. The smallest absolute Gasteiger partial charge is 0.270 e. The molecule has 0 radical (unpaired) electrons. The van der Waals surface area contributed by atoms with Crippen molar-refractivity contribution >= 4 is 32.6 Å². The highest BCUT2D eigenvalue weighted by Gasteiger charge is 2.43. The predicted molar refractivity (Wildman–Crippen MR) is 131 cm³/mol. The maximum atomic E-state index is 13.3. The highest BCUT2D eigenvalue weighted by Crippen LogP contribution is 2.41. The number of aryl methyl sites for hydroxylation is 1. The van der Waals surface area contributed by atoms with Crippen molar-refractivity contribution in [3.63, 3.8) is 0 Å². The summed E-state index contributed by atoms with van der Waals surface area (Å²) in [7, 11) is -1.57. The highest BCUT2D eigenvalue weighted by atomic mass is 32.2. The molecular weight excluding hydrogens is 450 g/mol. The van der Waals surface area contributed by atoms with Crippen LogP contribution in [-0.4, -0.2) is 67.0 Å². The number of hydrogen-bond acceptors (Lipinski definition) is 4. The average molecular weight is 480 g/mol. The number of aromatic nitrogens is 1. The maximum Gasteiger partial charge on any atom is 0.270 e. The molecule has 2 saturated heterocycles. The fraction of sp³-hybridized carbons (Fsp3) is 0.385. The quantitative estimate of drug-likeness (QED) is 0.577. The van der Waals surface area contributed by atoms with Gasteiger partial charge in [-0.2, -0.15) is 0 Å². The molecule has 1 spiro atoms. The number of piperidine rings is 1. The van der Waals surface area contributed by atoms with Crippen molar-refractivity contribution in [2.24, 2.45) is 12.5 Å². The van der Waals surface area contributed by atoms with Gasteiger partial charge in [0.05, 0.1) is 10.5 Å². The second-order valence-corrected chi connectivity index (χ2v) is 11.7. The van der Waals surface area contributed by atoms with Gasteiger partial charge in [-0.05, 0) is 48.9 Å². The molecule has 2 fully saturated rings. The number of benzene rings is 2. The van der Waals surface area contributed by atoms with E-state index < -0.39 is 9.84 Å². The van der Waals surface area contributed by atoms with E-state index in [1.54, 1.807) is 23.1 Å². The van der Waals surface area contributed by atoms with E-state index in [1.165, 1.54) is 6.07 Å². The number of fused-ring (bicyclic) bond motifs is 1. The zero-order chi connectivity index (χ0) is 24.1. The van der Waals surface area contributed by atoms with Crippen LogP contribution in [0.1, 0.15) is 40.1 Å². The van der Waals surface area contributed by atoms with E-state index in [0.29, 0.717) is 31.9 Å². The number of para-hydroxylation sites is 1. The van der Waals surface area contributed by atoms with Gasteiger partial charge >= 0.3 is 0 Å². The van der Waals surface area contributed by atoms with E-state index in [4.69, 9.17) is 0 Å². The molecule has 2 aromatic carbocycles. The van der Waals surface area contributed by atoms with Crippen LogP contribution in [0.2, 0.25) is 0 Å². The van der Waals surface area contributed by atoms with Crippen molar-refractivity contribution < 1.29 is 18.0 Å². The van der Waals surface area contributed by atoms with Crippen molar-refractivity contribution in [2.75, 3.05) is 32.4 Å². The van der Waals surface area contributed by atoms with Gasteiger partial charge in [-0.15, -0.1) is 0 Å². The SMILES string of the molecule is Cn1c(C(=O)N2CCC3(CCN(C(=O)c4ccccc4S(C)(=O)=O)C3)CC2)cc2ccccc21. The Morgan fingerprint density at radius 1 is 0.853 bits per heavy atom. The van der Waals surface area contributed by atoms with E-state index in [2.05, 4.69) is 0 Å². The lowest BCUT2D eigenvalue weighted by atomic mass is 9.77. The molecule has 0 unspecified atom stereocenters. The summed E-state index contributed by atoms with van der Waals surface area (Å²) in [6, 6.07) is 16.4. The van der Waals surface area contributed by atoms with Gasteiger partial charge in [0.15, 0.2) is 9.84 Å². The summed E-state index contributed by atoms with van der Waals surface area (Å²) in [6.07, 6.45) is 3.67. The molecule has 0 N–H and O–H groups in total. The summed E-state index contributed by atoms with van der Waals surface area (Å²) >= 11 is 0. The van der Waals surface area contributed by atoms with E-state index in [-0.39, 0.29) is 27.7 Å². The second-order valence-electron chi connectivity index (χ2n) is 9.68. The maximum absolute atomic E-state index is 13.3. The topological polar surface area (TPSA) is 79.7 Å². The van der Waals surface area contributed by atoms with Crippen LogP contribution >= 0.6 is 0 Å². The number of hydrogen-bond donors (Lipinski definition) is 0. The van der Waals surface area contributed by atoms with Gasteiger partial charge < -0.3 is 14.4 Å². The molecule has 5 rings (SSSR count). The first kappa shape index (κ1) is 22.7. The van der Waals surface area contributed by atoms with E-state index >= 15 is 0 Å². The van der Waals surface area contributed by atoms with Crippen LogP contribution in [0.5, 0.6) is 0 Å². The van der Waals surface area contributed by atoms with E-state index in [1.807, 2.05) is 46.8 Å². The predicted octanol–water partition coefficient (Wildman–Crippen LogP) is 3.35. The molecule has 2 aliphatic heterocycles. The zero-order valence-corrected chi connectivity index (χ0v) is 20.3. The van der Waals surface area contributed by atoms with Gasteiger partial charge in [0.25, 0.3) is 11.8 Å². The molecule has 0 bridgehead atoms. The number of sulfone groups is 1. The molecule has 3 heterocycles. The molecule has 7 nitrogen and oxygen atoms in total. The summed E-state index contributed by atoms with van der Waals surface area (Å²) < 4.78 is 26.3. The van der Waals surface area contributed by atoms with Crippen LogP contribution in [0.4, 0.5) is 0 Å². The molecular formula is C26H29N3O4S. The minimum atomic E-state index is -3.49. The average Bonchev–Trinajstić information content (AvgIpc) is 3.40. The molecule has 0 atom stereocenters. The molecule has 1 aromatic heterocycles. The van der Waals surface area contributed by atoms with Crippen molar-refractivity contribution in [1.29, 1.82) is 0 Å². The molecule has 0 aliphatic carbocycles. The molecule has 34 heavy (non-hydrogen) atoms. The van der Waals surface area contributed by atoms with Crippen molar-refractivity contribution in [3.8, 4) is 0 Å². The van der Waals surface area contributed by atoms with Crippen LogP contribution in [0.25, 0.3) is 10.9 Å². The fourth-order valence-electron chi connectivity index (χ4n) is 5.49. The third-order valence-electron chi connectivity index (χ3n) is 7.52. The Bertz CT molecular complexity index is 1380. The summed E-state index contributed by atoms with van der Waals surface area (Å²) in [4.78, 5) is 30.3. The van der Waals surface area contributed by atoms with Crippen LogP contribution in [0, 0.1) is 5.41 Å². The summed E-state index contributed by atoms with van der Waals surface area (Å²) in [5.74, 6) is -0.187. The second kappa shape index (κ2) is 8.27. The molecule has 178 valence electrons. The number of likely N-dealkylation sites (tertiary alicyclic amines) is 2. The Morgan fingerprint density at radius 2 is 1.47 bits per heavy atom. The Labute approximate surface area is 199 Å². The van der Waals surface area contributed by atoms with E-state index in [9.17, 15) is 18.0 Å². The van der Waals surface area contributed by atoms with Crippen LogP contribution in [-0.2, 0) is 16.9 Å². The number of carbonyl (C=O) groups excluding carboxylic acids is 2. The lowest BCUT2D eigenvalue weighted by Crippen LogP contribution is -2.45. The summed E-state index contributed by atoms with van der Waals surface area (Å²) in [6.45, 7) is 2.51. The lowest BCUT2D eigenvalue weighted by Gasteiger charge is -2.39. The molecule has 2 amide bonds. The monoisotopic (exact) mass is 479 g/mol. The number of rotatable bonds is 3. The third kappa shape index (κ3) is 3.90. The normalized spacial score (nSPS) is 18.1. The first-order chi connectivity index (χ1) is 16.2. The lowest BCUT2D eigenvalue weighted by molar-refractivity contribution is 0.0557. The van der Waals surface area contributed by atoms with Gasteiger partial charge in [0.1, 0.15) is 5.69 Å². The minimum absolute atomic E-state index is 0.0224. The Morgan fingerprint density at radius 3 is 2.15 bits per heavy atom. The third-order valence-corrected chi connectivity index (χ3v) is 8.68. The largest absolute Gasteiger partial charge is 0.340 e. The summed E-state index contributed by atoms with van der Waals surface area (Å²) in [5.41, 5.74) is 1.95. The zero-order valence-electron chi connectivity index (χ0n) is 19.5. The first-order valence-electron chi connectivity index (χ1n) is 11.6. The van der Waals surface area contributed by atoms with Crippen molar-refractivity contribution in [2.45, 2.75) is 24.2 Å². The Hall–Kier alpha value is -3.13. The van der Waals surface area contributed by atoms with Crippen molar-refractivity contribution in [1.82, 2.24) is 14.4 Å². The number of amides is 2. The van der Waals surface area contributed by atoms with Crippen LogP contribution < -0.4 is 0 Å². The Balaban J connectivity index is 1.28. The number of nitrogens with zero attached hydrogens (tertiary/aromatic N) is 3. The number of carbonyl (C=O) groups is 2. The highest BCUT2D eigenvalue weighted by molar-refractivity contribution is 7.90. The Kier molecular flexibility index (Phi) is 5.51. The molecule has 2 aliphatic rings. The van der Waals surface area contributed by atoms with Crippen LogP contribution in [0.3, 0.4) is 0 Å². The standard InChI is InChI=1S/C26H29N3O4S/c1-27-21-9-5-3-7-19(21)17-22(27)25(31)28-14-11-26(12-15-28)13-16-29(18-26)24(30)20-8-4-6-10-23(20)34(2,32)33/h3-10,17H,11-16,18H2,1-2H3. The molecule has 3 aromatic rings. The van der Waals surface area contributed by atoms with Gasteiger partial charge in [0.2, 0.25) is 0 Å². The van der Waals surface area contributed by atoms with Gasteiger partial charge in [0, 0.05) is 50.4 Å². The van der Waals surface area contributed by atoms with Crippen LogP contribution in [0.15, 0.2) is 59.5 Å². The summed E-state index contributed by atoms with van der Waals surface area (Å²) in [5, 5.41) is 1.06. The molecule has 8 heteroatoms. The van der Waals surface area contributed by atoms with E-state index in [0.717, 1.165) is 36.4 Å². The van der Waals surface area contributed by atoms with Gasteiger partial charge in [-0.25, -0.2) is 8.42 Å².